The van der Waals surface area contributed by atoms with Gasteiger partial charge in [-0.25, -0.2) is 0 Å². The van der Waals surface area contributed by atoms with Crippen molar-refractivity contribution in [3.05, 3.63) is 94.3 Å². The fourth-order valence-electron chi connectivity index (χ4n) is 8.18. The third kappa shape index (κ3) is 22.1. The number of benzene rings is 2. The van der Waals surface area contributed by atoms with Crippen LogP contribution in [0, 0.1) is 0 Å². The number of hydrogen-bond donors (Lipinski definition) is 14. The van der Waals surface area contributed by atoms with Gasteiger partial charge in [0.15, 0.2) is 0 Å². The number of anilines is 10. The summed E-state index contributed by atoms with van der Waals surface area (Å²) in [6.45, 7) is 5.08. The van der Waals surface area contributed by atoms with Crippen LogP contribution >= 0.6 is 0 Å². The Labute approximate surface area is 491 Å². The highest BCUT2D eigenvalue weighted by Gasteiger charge is 2.11. The van der Waals surface area contributed by atoms with E-state index in [1.54, 1.807) is 4.68 Å². The van der Waals surface area contributed by atoms with Crippen molar-refractivity contribution in [3.63, 3.8) is 0 Å². The van der Waals surface area contributed by atoms with E-state index >= 15 is 0 Å². The highest BCUT2D eigenvalue weighted by molar-refractivity contribution is 6.01. The lowest BCUT2D eigenvalue weighted by Gasteiger charge is -2.07. The van der Waals surface area contributed by atoms with Gasteiger partial charge in [-0.1, -0.05) is 66.6 Å². The summed E-state index contributed by atoms with van der Waals surface area (Å²) in [6.07, 6.45) is 12.3. The Kier molecular flexibility index (Phi) is 24.0. The van der Waals surface area contributed by atoms with E-state index in [2.05, 4.69) is 111 Å². The molecule has 24 N–H and O–H groups in total. The molecular weight excluding hydrogens is 1090 g/mol. The number of nitrogens with one attached hydrogen (secondary N) is 4. The zero-order valence-electron chi connectivity index (χ0n) is 47.5. The van der Waals surface area contributed by atoms with Crippen LogP contribution in [0.2, 0.25) is 0 Å². The third-order valence-corrected chi connectivity index (χ3v) is 12.5. The van der Waals surface area contributed by atoms with E-state index in [9.17, 15) is 0 Å². The number of amidine groups is 4. The van der Waals surface area contributed by atoms with Gasteiger partial charge < -0.3 is 78.6 Å². The fraction of sp³-hybridized carbons (Fsp3) is 0.423. The molecule has 0 fully saturated rings. The van der Waals surface area contributed by atoms with Gasteiger partial charge in [-0.3, -0.25) is 24.7 Å². The van der Waals surface area contributed by atoms with Crippen molar-refractivity contribution in [2.75, 3.05) is 101 Å². The summed E-state index contributed by atoms with van der Waals surface area (Å²) in [5.41, 5.74) is 63.5. The molecule has 0 radical (unpaired) electrons. The van der Waals surface area contributed by atoms with Crippen molar-refractivity contribution in [1.29, 1.82) is 0 Å². The Morgan fingerprint density at radius 2 is 0.694 bits per heavy atom. The van der Waals surface area contributed by atoms with E-state index in [1.165, 1.54) is 0 Å². The molecule has 0 unspecified atom stereocenters. The fourth-order valence-corrected chi connectivity index (χ4v) is 8.18. The van der Waals surface area contributed by atoms with E-state index in [-0.39, 0.29) is 35.7 Å². The standard InChI is InChI=1S/C52H77N33/c53-39(32-14-18-34(19-15-32)41(55)65-24-7-9-26-67-50-79-45(59)75-46(60)80-50)63-22-5-1-3-12-37-71-43(57)77-49(73-37)69-28-11-29-85-31-36(83-84-85)30-70-52-74-38(72-44(58)78-52)13-4-2-6-23-64-40(54)33-16-20-35(21-17-33)42(56)66-25-8-10-27-68-51-81-47(61)76-48(62)82-51/h14-21,31H,1-13,22-30H2,(H2,53,63)(H2,54,64)(H2,55,65)(H2,56,66)(H3,57,69,71,73,77)(H3,58,70,72,74,78)(H5,59,60,67,75,79,80)(H5,61,62,68,76,81,82). The number of nitrogen functional groups attached to an aromatic ring is 6. The average Bonchev–Trinajstić information content (AvgIpc) is 4.04. The number of nitrogens with zero attached hydrogens (tertiary/aromatic N) is 19. The molecule has 2 aromatic carbocycles. The first-order valence-electron chi connectivity index (χ1n) is 28.0. The Bertz CT molecular complexity index is 3280. The zero-order chi connectivity index (χ0) is 60.2. The number of aromatic nitrogens is 15. The summed E-state index contributed by atoms with van der Waals surface area (Å²) in [6, 6.07) is 15.1. The lowest BCUT2D eigenvalue weighted by atomic mass is 10.1. The maximum absolute atomic E-state index is 6.31. The molecule has 7 aromatic rings. The maximum atomic E-state index is 6.31. The van der Waals surface area contributed by atoms with Crippen molar-refractivity contribution in [2.45, 2.75) is 96.6 Å². The van der Waals surface area contributed by atoms with Crippen LogP contribution in [-0.2, 0) is 25.9 Å². The van der Waals surface area contributed by atoms with Gasteiger partial charge in [0, 0.05) is 87.5 Å². The van der Waals surface area contributed by atoms with Gasteiger partial charge in [0.1, 0.15) is 40.7 Å². The summed E-state index contributed by atoms with van der Waals surface area (Å²) in [5.74, 6) is 5.09. The first kappa shape index (κ1) is 62.1. The van der Waals surface area contributed by atoms with E-state index in [4.69, 9.17) is 57.3 Å². The lowest BCUT2D eigenvalue weighted by Crippen LogP contribution is -2.17. The summed E-state index contributed by atoms with van der Waals surface area (Å²) in [7, 11) is 0. The van der Waals surface area contributed by atoms with Crippen molar-refractivity contribution in [3.8, 4) is 0 Å². The van der Waals surface area contributed by atoms with Gasteiger partial charge in [0.2, 0.25) is 59.5 Å². The molecule has 450 valence electrons. The number of rotatable bonds is 36. The topological polar surface area (TPSA) is 543 Å². The molecule has 0 atom stereocenters. The molecule has 0 aliphatic heterocycles. The molecule has 0 amide bonds. The Balaban J connectivity index is 0.716. The van der Waals surface area contributed by atoms with E-state index in [1.807, 2.05) is 54.7 Å². The van der Waals surface area contributed by atoms with Crippen LogP contribution in [0.4, 0.5) is 59.5 Å². The number of unbranched alkanes of at least 4 members (excludes halogenated alkanes) is 6. The minimum Gasteiger partial charge on any atom is -0.384 e. The number of nitrogens with two attached hydrogens (primary N) is 10. The average molecular weight is 1160 g/mol. The summed E-state index contributed by atoms with van der Waals surface area (Å²) < 4.78 is 1.77. The zero-order valence-corrected chi connectivity index (χ0v) is 47.5. The minimum atomic E-state index is 0.0690. The van der Waals surface area contributed by atoms with Crippen LogP contribution in [0.3, 0.4) is 0 Å². The van der Waals surface area contributed by atoms with Gasteiger partial charge in [0.25, 0.3) is 0 Å². The first-order valence-corrected chi connectivity index (χ1v) is 28.0. The number of aliphatic imine (C=N–C) groups is 4. The minimum absolute atomic E-state index is 0.0690. The SMILES string of the molecule is NC(=NCCCCCc1nc(N)nc(NCCCn2cc(CNc3nc(N)nc(CCCCCN=C(N)c4ccc(C(N)=NCCCCNc5nc(N)nc(N)n5)cc4)n3)nn2)n1)c1ccc(C(N)=NCCCCNc2nc(N)nc(N)n2)cc1. The summed E-state index contributed by atoms with van der Waals surface area (Å²) in [4.78, 5) is 68.0. The third-order valence-electron chi connectivity index (χ3n) is 12.5. The normalized spacial score (nSPS) is 12.1. The van der Waals surface area contributed by atoms with Crippen molar-refractivity contribution in [1.82, 2.24) is 74.8 Å². The van der Waals surface area contributed by atoms with Crippen molar-refractivity contribution >= 4 is 82.8 Å². The van der Waals surface area contributed by atoms with Crippen LogP contribution in [0.1, 0.15) is 110 Å². The van der Waals surface area contributed by atoms with Crippen LogP contribution in [0.5, 0.6) is 0 Å². The smallest absolute Gasteiger partial charge is 0.229 e. The summed E-state index contributed by atoms with van der Waals surface area (Å²) >= 11 is 0. The Hall–Kier alpha value is -10.5. The predicted octanol–water partition coefficient (Wildman–Crippen LogP) is 1.06. The highest BCUT2D eigenvalue weighted by Crippen LogP contribution is 2.13. The molecule has 33 nitrogen and oxygen atoms in total. The van der Waals surface area contributed by atoms with Crippen LogP contribution in [0.25, 0.3) is 0 Å². The molecule has 33 heteroatoms. The molecule has 0 saturated carbocycles. The maximum Gasteiger partial charge on any atom is 0.229 e. The van der Waals surface area contributed by atoms with Crippen molar-refractivity contribution in [2.24, 2.45) is 42.9 Å². The number of aryl methyl sites for hydroxylation is 3. The Morgan fingerprint density at radius 1 is 0.365 bits per heavy atom. The first-order chi connectivity index (χ1) is 41.2. The molecule has 0 spiro atoms. The largest absolute Gasteiger partial charge is 0.384 e. The van der Waals surface area contributed by atoms with Crippen LogP contribution in [-0.4, -0.2) is 144 Å². The lowest BCUT2D eigenvalue weighted by molar-refractivity contribution is 0.569. The van der Waals surface area contributed by atoms with E-state index in [0.717, 1.165) is 92.9 Å². The van der Waals surface area contributed by atoms with E-state index in [0.29, 0.717) is 136 Å². The monoisotopic (exact) mass is 1160 g/mol. The second-order valence-electron chi connectivity index (χ2n) is 19.3. The van der Waals surface area contributed by atoms with Gasteiger partial charge in [-0.2, -0.15) is 59.8 Å². The summed E-state index contributed by atoms with van der Waals surface area (Å²) in [5, 5.41) is 21.1. The second-order valence-corrected chi connectivity index (χ2v) is 19.3. The molecular formula is C52H77N33. The second kappa shape index (κ2) is 32.8. The molecule has 0 aliphatic rings. The quantitative estimate of drug-likeness (QED) is 0.0148. The van der Waals surface area contributed by atoms with Crippen LogP contribution in [0.15, 0.2) is 74.7 Å². The van der Waals surface area contributed by atoms with Gasteiger partial charge in [-0.05, 0) is 57.8 Å². The molecule has 5 aromatic heterocycles. The molecule has 85 heavy (non-hydrogen) atoms. The molecule has 5 heterocycles. The van der Waals surface area contributed by atoms with E-state index < -0.39 is 0 Å². The van der Waals surface area contributed by atoms with Gasteiger partial charge in [0.05, 0.1) is 12.7 Å². The predicted molar refractivity (Wildman–Crippen MR) is 332 cm³/mol. The number of hydrogen-bond acceptors (Lipinski definition) is 28. The van der Waals surface area contributed by atoms with Crippen molar-refractivity contribution < 1.29 is 0 Å². The van der Waals surface area contributed by atoms with Gasteiger partial charge in [-0.15, -0.1) is 5.10 Å². The van der Waals surface area contributed by atoms with Gasteiger partial charge >= 0.3 is 0 Å². The molecule has 0 bridgehead atoms. The molecule has 7 rings (SSSR count). The molecule has 0 saturated heterocycles. The molecule has 0 aliphatic carbocycles. The Morgan fingerprint density at radius 3 is 1.08 bits per heavy atom. The van der Waals surface area contributed by atoms with Crippen LogP contribution < -0.4 is 78.6 Å². The highest BCUT2D eigenvalue weighted by atomic mass is 15.4.